The monoisotopic (exact) mass is 844 g/mol. The Morgan fingerprint density at radius 3 is 2.20 bits per heavy atom. The molecule has 1 N–H and O–H groups in total. The molecule has 0 spiro atoms. The van der Waals surface area contributed by atoms with Gasteiger partial charge in [0, 0.05) is 64.5 Å². The molecule has 3 nitrogen and oxygen atoms in total. The molecule has 1 aliphatic carbocycles. The minimum Gasteiger partial charge on any atom is -0.454 e. The van der Waals surface area contributed by atoms with E-state index in [1.807, 2.05) is 11.3 Å². The molecule has 0 unspecified atom stereocenters. The van der Waals surface area contributed by atoms with Crippen LogP contribution in [-0.2, 0) is 16.2 Å². The van der Waals surface area contributed by atoms with E-state index in [2.05, 4.69) is 209 Å². The van der Waals surface area contributed by atoms with Crippen molar-refractivity contribution in [2.24, 2.45) is 0 Å². The molecule has 2 aliphatic heterocycles. The summed E-state index contributed by atoms with van der Waals surface area (Å²) in [6.07, 6.45) is 2.39. The molecule has 64 heavy (non-hydrogen) atoms. The number of rotatable bonds is 4. The maximum atomic E-state index is 6.93. The second kappa shape index (κ2) is 13.2. The highest BCUT2D eigenvalue weighted by molar-refractivity contribution is 7.26. The van der Waals surface area contributed by atoms with Crippen molar-refractivity contribution in [3.8, 4) is 22.3 Å². The van der Waals surface area contributed by atoms with Gasteiger partial charge in [0.25, 0.3) is 0 Å². The Kier molecular flexibility index (Phi) is 7.86. The van der Waals surface area contributed by atoms with E-state index in [0.29, 0.717) is 0 Å². The van der Waals surface area contributed by atoms with Crippen LogP contribution in [-0.4, -0.2) is 6.85 Å². The van der Waals surface area contributed by atoms with Crippen LogP contribution in [0, 0.1) is 0 Å². The fraction of sp³-hybridized carbons (Fsp3) is 0.186. The van der Waals surface area contributed by atoms with Crippen molar-refractivity contribution in [2.45, 2.75) is 70.6 Å². The van der Waals surface area contributed by atoms with E-state index in [1.54, 1.807) is 0 Å². The molecule has 0 radical (unpaired) electrons. The summed E-state index contributed by atoms with van der Waals surface area (Å²) in [5.41, 5.74) is 19.6. The summed E-state index contributed by atoms with van der Waals surface area (Å²) in [6.45, 7) is 14.4. The van der Waals surface area contributed by atoms with Crippen LogP contribution >= 0.6 is 11.3 Å². The molecule has 0 saturated heterocycles. The van der Waals surface area contributed by atoms with Crippen LogP contribution in [0.25, 0.3) is 64.4 Å². The number of anilines is 4. The molecule has 0 amide bonds. The summed E-state index contributed by atoms with van der Waals surface area (Å²) in [7, 11) is 0. The lowest BCUT2D eigenvalue weighted by Crippen LogP contribution is -2.60. The lowest BCUT2D eigenvalue weighted by atomic mass is 9.43. The van der Waals surface area contributed by atoms with Gasteiger partial charge < -0.3 is 14.5 Å². The summed E-state index contributed by atoms with van der Waals surface area (Å²) in [5, 5.41) is 9.08. The second-order valence-electron chi connectivity index (χ2n) is 20.4. The summed E-state index contributed by atoms with van der Waals surface area (Å²) >= 11 is 1.92. The van der Waals surface area contributed by atoms with Crippen molar-refractivity contribution >= 4 is 94.0 Å². The van der Waals surface area contributed by atoms with Crippen LogP contribution in [0.1, 0.15) is 76.6 Å². The quantitative estimate of drug-likeness (QED) is 0.179. The van der Waals surface area contributed by atoms with Gasteiger partial charge in [-0.2, -0.15) is 0 Å². The number of hydrogen-bond donors (Lipinski definition) is 1. The Morgan fingerprint density at radius 1 is 0.625 bits per heavy atom. The average molecular weight is 845 g/mol. The molecule has 8 aromatic carbocycles. The zero-order valence-electron chi connectivity index (χ0n) is 37.3. The Bertz CT molecular complexity index is 3590. The number of furan rings is 1. The summed E-state index contributed by atoms with van der Waals surface area (Å²) < 4.78 is 9.57. The van der Waals surface area contributed by atoms with Gasteiger partial charge in [-0.1, -0.05) is 163 Å². The Labute approximate surface area is 379 Å². The van der Waals surface area contributed by atoms with Gasteiger partial charge in [0.2, 0.25) is 0 Å². The number of hydrogen-bond acceptors (Lipinski definition) is 4. The summed E-state index contributed by atoms with van der Waals surface area (Å²) in [4.78, 5) is 2.61. The molecule has 0 bridgehead atoms. The normalized spacial score (nSPS) is 15.8. The van der Waals surface area contributed by atoms with Crippen molar-refractivity contribution in [3.63, 3.8) is 0 Å². The van der Waals surface area contributed by atoms with E-state index in [1.165, 1.54) is 99.8 Å². The number of nitrogens with one attached hydrogen (secondary N) is 1. The molecular formula is C59H49BN2OS. The largest absolute Gasteiger partial charge is 0.454 e. The van der Waals surface area contributed by atoms with E-state index in [4.69, 9.17) is 4.42 Å². The standard InChI is InChI=1S/C59H49BN2OS/c1-57(2)30-31-58(3,4)45-33-37(27-28-43(45)57)59(5,6)44-21-15-22-46-54(44)61-47-34-41-39-19-11-13-25-51(39)64-56(41)52-42-32-36(35-16-8-7-9-17-35)26-29-48(42)62(60(46)53(47)52)49-23-14-20-40-38-18-10-12-24-50(38)63-55(40)49/h7-29,32-34,61H,30-31H2,1-6H3. The molecular weight excluding hydrogens is 796 g/mol. The molecule has 13 rings (SSSR count). The highest BCUT2D eigenvalue weighted by Crippen LogP contribution is 2.53. The SMILES string of the molecule is CC1(C)CCC(C)(C)c2cc(C(C)(C)c3cccc4c3Nc3cc5c(sc6ccccc65)c5c3B4N(c3cccc4c3oc3ccccc34)c3ccc(-c4ccccc4)cc3-5)ccc21. The molecule has 10 aromatic rings. The lowest BCUT2D eigenvalue weighted by Gasteiger charge is -2.44. The molecule has 0 fully saturated rings. The number of nitrogens with zero attached hydrogens (tertiary/aromatic N) is 1. The van der Waals surface area contributed by atoms with Gasteiger partial charge in [-0.3, -0.25) is 0 Å². The Hall–Kier alpha value is -6.56. The molecule has 0 saturated carbocycles. The van der Waals surface area contributed by atoms with Crippen molar-refractivity contribution in [1.82, 2.24) is 0 Å². The van der Waals surface area contributed by atoms with Crippen molar-refractivity contribution in [3.05, 3.63) is 180 Å². The van der Waals surface area contributed by atoms with Crippen LogP contribution in [0.5, 0.6) is 0 Å². The molecule has 5 heteroatoms. The van der Waals surface area contributed by atoms with E-state index in [-0.39, 0.29) is 23.1 Å². The molecule has 310 valence electrons. The first-order chi connectivity index (χ1) is 31.0. The van der Waals surface area contributed by atoms with E-state index >= 15 is 0 Å². The number of para-hydroxylation sites is 3. The average Bonchev–Trinajstić information content (AvgIpc) is 3.89. The van der Waals surface area contributed by atoms with Gasteiger partial charge in [0.15, 0.2) is 5.58 Å². The van der Waals surface area contributed by atoms with Crippen molar-refractivity contribution in [1.29, 1.82) is 0 Å². The predicted molar refractivity (Wildman–Crippen MR) is 275 cm³/mol. The summed E-state index contributed by atoms with van der Waals surface area (Å²) in [6, 6.07) is 59.0. The van der Waals surface area contributed by atoms with Gasteiger partial charge in [0.05, 0.1) is 5.69 Å². The van der Waals surface area contributed by atoms with Crippen LogP contribution in [0.15, 0.2) is 162 Å². The van der Waals surface area contributed by atoms with E-state index in [0.717, 1.165) is 33.3 Å². The highest BCUT2D eigenvalue weighted by atomic mass is 32.1. The van der Waals surface area contributed by atoms with Crippen LogP contribution in [0.3, 0.4) is 0 Å². The number of fused-ring (bicyclic) bond motifs is 12. The zero-order valence-corrected chi connectivity index (χ0v) is 38.1. The van der Waals surface area contributed by atoms with Gasteiger partial charge >= 0.3 is 6.85 Å². The lowest BCUT2D eigenvalue weighted by molar-refractivity contribution is 0.331. The molecule has 4 heterocycles. The van der Waals surface area contributed by atoms with Gasteiger partial charge in [-0.15, -0.1) is 11.3 Å². The number of thiophene rings is 1. The third-order valence-electron chi connectivity index (χ3n) is 15.4. The first-order valence-electron chi connectivity index (χ1n) is 22.9. The summed E-state index contributed by atoms with van der Waals surface area (Å²) in [5.74, 6) is 0. The molecule has 2 aromatic heterocycles. The van der Waals surface area contributed by atoms with Crippen LogP contribution in [0.2, 0.25) is 0 Å². The van der Waals surface area contributed by atoms with Crippen molar-refractivity contribution < 1.29 is 4.42 Å². The van der Waals surface area contributed by atoms with Crippen LogP contribution in [0.4, 0.5) is 22.7 Å². The first-order valence-corrected chi connectivity index (χ1v) is 23.7. The number of benzene rings is 8. The maximum absolute atomic E-state index is 6.93. The molecule has 3 aliphatic rings. The van der Waals surface area contributed by atoms with E-state index < -0.39 is 0 Å². The maximum Gasteiger partial charge on any atom is 0.333 e. The van der Waals surface area contributed by atoms with Gasteiger partial charge in [-0.05, 0) is 104 Å². The Balaban J connectivity index is 1.11. The third-order valence-corrected chi connectivity index (χ3v) is 16.6. The van der Waals surface area contributed by atoms with Crippen LogP contribution < -0.4 is 21.1 Å². The topological polar surface area (TPSA) is 28.4 Å². The highest BCUT2D eigenvalue weighted by Gasteiger charge is 2.46. The van der Waals surface area contributed by atoms with E-state index in [9.17, 15) is 0 Å². The predicted octanol–water partition coefficient (Wildman–Crippen LogP) is 15.3. The van der Waals surface area contributed by atoms with Gasteiger partial charge in [0.1, 0.15) is 5.58 Å². The first kappa shape index (κ1) is 38.0. The van der Waals surface area contributed by atoms with Crippen molar-refractivity contribution in [2.75, 3.05) is 10.1 Å². The third kappa shape index (κ3) is 5.28. The zero-order chi connectivity index (χ0) is 43.3. The van der Waals surface area contributed by atoms with Gasteiger partial charge in [-0.25, -0.2) is 0 Å². The smallest absolute Gasteiger partial charge is 0.333 e. The Morgan fingerprint density at radius 2 is 1.36 bits per heavy atom. The minimum absolute atomic E-state index is 0.114. The fourth-order valence-electron chi connectivity index (χ4n) is 11.8. The second-order valence-corrected chi connectivity index (χ2v) is 21.4. The fourth-order valence-corrected chi connectivity index (χ4v) is 13.0. The minimum atomic E-state index is -0.314. The molecule has 0 atom stereocenters.